The van der Waals surface area contributed by atoms with E-state index in [1.807, 2.05) is 33.8 Å². The molecular formula is C31H47N5O9. The highest BCUT2D eigenvalue weighted by Crippen LogP contribution is 2.37. The predicted octanol–water partition coefficient (Wildman–Crippen LogP) is -0.400. The third kappa shape index (κ3) is 15.6. The molecule has 1 saturated carbocycles. The molecule has 0 heterocycles. The van der Waals surface area contributed by atoms with E-state index >= 15 is 0 Å². The van der Waals surface area contributed by atoms with Crippen LogP contribution in [0.5, 0.6) is 0 Å². The van der Waals surface area contributed by atoms with Crippen LogP contribution >= 0.6 is 0 Å². The Bertz CT molecular complexity index is 1140. The summed E-state index contributed by atoms with van der Waals surface area (Å²) in [6, 6.07) is 7.92. The van der Waals surface area contributed by atoms with Crippen LogP contribution in [0, 0.1) is 11.3 Å². The average molecular weight is 634 g/mol. The van der Waals surface area contributed by atoms with Crippen LogP contribution < -0.4 is 26.6 Å². The molecule has 0 radical (unpaired) electrons. The Morgan fingerprint density at radius 3 is 2.04 bits per heavy atom. The van der Waals surface area contributed by atoms with Crippen molar-refractivity contribution in [3.63, 3.8) is 0 Å². The topological polar surface area (TPSA) is 190 Å². The van der Waals surface area contributed by atoms with E-state index < -0.39 is 53.6 Å². The molecule has 1 aliphatic carbocycles. The largest absolute Gasteiger partial charge is 0.379 e. The van der Waals surface area contributed by atoms with E-state index in [1.54, 1.807) is 24.3 Å². The van der Waals surface area contributed by atoms with Crippen LogP contribution in [0.25, 0.3) is 0 Å². The lowest BCUT2D eigenvalue weighted by atomic mass is 9.86. The van der Waals surface area contributed by atoms with Crippen molar-refractivity contribution in [2.75, 3.05) is 52.8 Å². The van der Waals surface area contributed by atoms with Crippen molar-refractivity contribution in [2.24, 2.45) is 11.3 Å². The van der Waals surface area contributed by atoms with E-state index in [0.29, 0.717) is 13.2 Å². The third-order valence-corrected chi connectivity index (χ3v) is 6.64. The molecule has 1 aromatic rings. The van der Waals surface area contributed by atoms with Crippen molar-refractivity contribution in [3.05, 3.63) is 35.9 Å². The highest BCUT2D eigenvalue weighted by molar-refractivity contribution is 5.93. The fourth-order valence-electron chi connectivity index (χ4n) is 4.02. The van der Waals surface area contributed by atoms with Crippen molar-refractivity contribution in [1.29, 1.82) is 0 Å². The highest BCUT2D eigenvalue weighted by atomic mass is 16.5. The van der Waals surface area contributed by atoms with Gasteiger partial charge >= 0.3 is 0 Å². The van der Waals surface area contributed by atoms with Gasteiger partial charge in [-0.05, 0) is 31.2 Å². The van der Waals surface area contributed by atoms with Crippen molar-refractivity contribution in [3.8, 4) is 0 Å². The monoisotopic (exact) mass is 633 g/mol. The summed E-state index contributed by atoms with van der Waals surface area (Å²) in [6.45, 7) is 6.85. The summed E-state index contributed by atoms with van der Waals surface area (Å²) in [5.41, 5.74) is 0.196. The lowest BCUT2D eigenvalue weighted by molar-refractivity contribution is -0.142. The van der Waals surface area contributed by atoms with Crippen LogP contribution in [-0.4, -0.2) is 100 Å². The first-order valence-electron chi connectivity index (χ1n) is 15.1. The van der Waals surface area contributed by atoms with Crippen LogP contribution in [0.1, 0.15) is 46.1 Å². The Kier molecular flexibility index (Phi) is 16.2. The molecule has 0 aliphatic heterocycles. The fraction of sp³-hybridized carbons (Fsp3) is 0.613. The number of ether oxygens (including phenoxy) is 3. The number of carbonyl (C=O) groups excluding carboxylic acids is 6. The summed E-state index contributed by atoms with van der Waals surface area (Å²) in [5, 5.41) is 12.4. The van der Waals surface area contributed by atoms with Crippen LogP contribution in [0.3, 0.4) is 0 Å². The molecule has 14 nitrogen and oxygen atoms in total. The second-order valence-corrected chi connectivity index (χ2v) is 11.6. The molecule has 0 bridgehead atoms. The van der Waals surface area contributed by atoms with Gasteiger partial charge < -0.3 is 40.8 Å². The summed E-state index contributed by atoms with van der Waals surface area (Å²) >= 11 is 0. The van der Waals surface area contributed by atoms with Gasteiger partial charge in [-0.1, -0.05) is 51.1 Å². The summed E-state index contributed by atoms with van der Waals surface area (Å²) in [5.74, 6) is -2.75. The van der Waals surface area contributed by atoms with Crippen molar-refractivity contribution in [1.82, 2.24) is 26.6 Å². The predicted molar refractivity (Wildman–Crippen MR) is 163 cm³/mol. The second kappa shape index (κ2) is 19.5. The van der Waals surface area contributed by atoms with Gasteiger partial charge in [-0.2, -0.15) is 0 Å². The third-order valence-electron chi connectivity index (χ3n) is 6.64. The fourth-order valence-corrected chi connectivity index (χ4v) is 4.02. The molecule has 0 spiro atoms. The highest BCUT2D eigenvalue weighted by Gasteiger charge is 2.41. The number of hydrogen-bond donors (Lipinski definition) is 5. The number of Topliss-reactive ketones (excluding diaryl/α,β-unsaturated/α-hetero) is 1. The minimum absolute atomic E-state index is 0.0216. The Morgan fingerprint density at radius 1 is 0.800 bits per heavy atom. The first kappa shape index (κ1) is 37.3. The van der Waals surface area contributed by atoms with Gasteiger partial charge in [0.2, 0.25) is 29.5 Å². The molecule has 0 aromatic heterocycles. The molecule has 0 saturated heterocycles. The molecule has 2 rings (SSSR count). The molecule has 5 N–H and O–H groups in total. The van der Waals surface area contributed by atoms with E-state index in [-0.39, 0.29) is 51.2 Å². The minimum atomic E-state index is -1.04. The minimum Gasteiger partial charge on any atom is -0.379 e. The van der Waals surface area contributed by atoms with Crippen molar-refractivity contribution in [2.45, 2.75) is 59.1 Å². The zero-order chi connectivity index (χ0) is 33.2. The first-order chi connectivity index (χ1) is 21.4. The Morgan fingerprint density at radius 2 is 1.40 bits per heavy atom. The molecule has 1 fully saturated rings. The van der Waals surface area contributed by atoms with Gasteiger partial charge in [-0.3, -0.25) is 28.8 Å². The Hall–Kier alpha value is -3.88. The quantitative estimate of drug-likeness (QED) is 0.0886. The number of amides is 5. The average Bonchev–Trinajstić information content (AvgIpc) is 3.84. The molecule has 1 aromatic carbocycles. The lowest BCUT2D eigenvalue weighted by Crippen LogP contribution is -2.52. The number of nitrogens with one attached hydrogen (secondary N) is 5. The van der Waals surface area contributed by atoms with Gasteiger partial charge in [0.15, 0.2) is 5.78 Å². The van der Waals surface area contributed by atoms with Gasteiger partial charge in [-0.25, -0.2) is 0 Å². The first-order valence-corrected chi connectivity index (χ1v) is 15.1. The molecule has 14 heteroatoms. The summed E-state index contributed by atoms with van der Waals surface area (Å²) in [4.78, 5) is 74.5. The molecule has 45 heavy (non-hydrogen) atoms. The van der Waals surface area contributed by atoms with Crippen LogP contribution in [0.15, 0.2) is 30.3 Å². The number of benzene rings is 1. The van der Waals surface area contributed by atoms with Crippen molar-refractivity contribution < 1.29 is 43.0 Å². The number of carbonyl (C=O) groups is 6. The van der Waals surface area contributed by atoms with Crippen molar-refractivity contribution >= 4 is 35.3 Å². The maximum absolute atomic E-state index is 13.0. The Labute approximate surface area is 264 Å². The van der Waals surface area contributed by atoms with Gasteiger partial charge in [0, 0.05) is 18.4 Å². The molecular weight excluding hydrogens is 586 g/mol. The molecule has 0 unspecified atom stereocenters. The van der Waals surface area contributed by atoms with E-state index in [0.717, 1.165) is 18.4 Å². The van der Waals surface area contributed by atoms with Crippen LogP contribution in [0.2, 0.25) is 0 Å². The molecule has 1 aliphatic rings. The zero-order valence-corrected chi connectivity index (χ0v) is 26.6. The normalized spacial score (nSPS) is 14.0. The summed E-state index contributed by atoms with van der Waals surface area (Å²) in [7, 11) is 0. The summed E-state index contributed by atoms with van der Waals surface area (Å²) < 4.78 is 15.9. The summed E-state index contributed by atoms with van der Waals surface area (Å²) in [6.07, 6.45) is 1.34. The van der Waals surface area contributed by atoms with Gasteiger partial charge in [-0.15, -0.1) is 0 Å². The number of rotatable bonds is 21. The lowest BCUT2D eigenvalue weighted by Gasteiger charge is -2.25. The SMILES string of the molecule is CCOCCOCC(=O)NCC(=O)NCC(=O)N[C@@H](Cc1ccccc1)C(=O)NCC(=O)NCO[C@@H](C(=O)C(C)(C)C)C1CC1. The smallest absolute Gasteiger partial charge is 0.246 e. The molecule has 5 amide bonds. The standard InChI is InChI=1S/C31H47N5O9/c1-5-43-13-14-44-19-27(40)33-16-24(37)32-18-26(39)36-23(15-21-9-7-6-8-10-21)30(42)34-17-25(38)35-20-45-28(22-11-12-22)29(41)31(2,3)4/h6-10,22-23,28H,5,11-20H2,1-4H3,(H,32,37)(H,33,40)(H,34,42)(H,35,38)(H,36,39)/t23-,28+/m0/s1. The van der Waals surface area contributed by atoms with Crippen LogP contribution in [-0.2, 0) is 49.4 Å². The van der Waals surface area contributed by atoms with Gasteiger partial charge in [0.25, 0.3) is 0 Å². The van der Waals surface area contributed by atoms with Gasteiger partial charge in [0.05, 0.1) is 32.8 Å². The van der Waals surface area contributed by atoms with E-state index in [2.05, 4.69) is 26.6 Å². The van der Waals surface area contributed by atoms with Gasteiger partial charge in [0.1, 0.15) is 25.5 Å². The second-order valence-electron chi connectivity index (χ2n) is 11.6. The molecule has 250 valence electrons. The van der Waals surface area contributed by atoms with E-state index in [4.69, 9.17) is 14.2 Å². The van der Waals surface area contributed by atoms with E-state index in [1.165, 1.54) is 0 Å². The maximum Gasteiger partial charge on any atom is 0.246 e. The number of ketones is 1. The maximum atomic E-state index is 13.0. The van der Waals surface area contributed by atoms with Crippen LogP contribution in [0.4, 0.5) is 0 Å². The zero-order valence-electron chi connectivity index (χ0n) is 26.6. The molecule has 2 atom stereocenters. The van der Waals surface area contributed by atoms with E-state index in [9.17, 15) is 28.8 Å². The Balaban J connectivity index is 1.79. The number of hydrogen-bond acceptors (Lipinski definition) is 9.